The highest BCUT2D eigenvalue weighted by Gasteiger charge is 2.13. The second kappa shape index (κ2) is 7.27. The van der Waals surface area contributed by atoms with Crippen LogP contribution in [0.15, 0.2) is 49.1 Å². The average Bonchev–Trinajstić information content (AvgIpc) is 2.98. The van der Waals surface area contributed by atoms with Crippen LogP contribution in [0.5, 0.6) is 0 Å². The first-order valence-corrected chi connectivity index (χ1v) is 7.86. The van der Waals surface area contributed by atoms with Crippen LogP contribution in [0.2, 0.25) is 0 Å². The summed E-state index contributed by atoms with van der Waals surface area (Å²) in [5.41, 5.74) is 3.18. The highest BCUT2D eigenvalue weighted by molar-refractivity contribution is 5.90. The van der Waals surface area contributed by atoms with Gasteiger partial charge in [-0.15, -0.1) is 0 Å². The molecular weight excluding hydrogens is 288 g/mol. The maximum Gasteiger partial charge on any atom is 0.328 e. The Hall–Kier alpha value is -2.36. The molecular formula is C19H24N2O2. The third-order valence-electron chi connectivity index (χ3n) is 3.84. The van der Waals surface area contributed by atoms with Crippen LogP contribution in [0.25, 0.3) is 5.57 Å². The number of aliphatic carboxylic acids is 1. The van der Waals surface area contributed by atoms with E-state index in [9.17, 15) is 4.79 Å². The standard InChI is InChI=1S/C19H24N2O2/c1-19(2,3)17-8-6-15(7-9-17)16(13-18(22)23)5-4-11-21-12-10-20-14-21/h6-10,12-14H,4-5,11H2,1-3H3,(H,22,23). The van der Waals surface area contributed by atoms with Crippen LogP contribution in [0.4, 0.5) is 0 Å². The van der Waals surface area contributed by atoms with Crippen LogP contribution < -0.4 is 0 Å². The molecule has 1 N–H and O–H groups in total. The van der Waals surface area contributed by atoms with Crippen molar-refractivity contribution >= 4 is 11.5 Å². The van der Waals surface area contributed by atoms with Crippen molar-refractivity contribution < 1.29 is 9.90 Å². The van der Waals surface area contributed by atoms with Gasteiger partial charge in [0.05, 0.1) is 6.33 Å². The van der Waals surface area contributed by atoms with Crippen molar-refractivity contribution in [2.75, 3.05) is 0 Å². The van der Waals surface area contributed by atoms with Crippen LogP contribution in [0.3, 0.4) is 0 Å². The Morgan fingerprint density at radius 2 is 1.96 bits per heavy atom. The number of allylic oxidation sites excluding steroid dienone is 1. The fourth-order valence-electron chi connectivity index (χ4n) is 2.50. The third kappa shape index (κ3) is 5.09. The number of hydrogen-bond donors (Lipinski definition) is 1. The molecule has 122 valence electrons. The molecule has 1 aromatic heterocycles. The molecule has 0 unspecified atom stereocenters. The summed E-state index contributed by atoms with van der Waals surface area (Å²) >= 11 is 0. The van der Waals surface area contributed by atoms with Gasteiger partial charge in [-0.1, -0.05) is 45.0 Å². The lowest BCUT2D eigenvalue weighted by Crippen LogP contribution is -2.10. The molecule has 0 spiro atoms. The minimum absolute atomic E-state index is 0.0939. The number of aryl methyl sites for hydroxylation is 1. The van der Waals surface area contributed by atoms with Gasteiger partial charge in [-0.3, -0.25) is 0 Å². The van der Waals surface area contributed by atoms with Crippen molar-refractivity contribution in [1.82, 2.24) is 9.55 Å². The Bertz CT molecular complexity index is 662. The molecule has 4 heteroatoms. The van der Waals surface area contributed by atoms with Crippen LogP contribution in [0, 0.1) is 0 Å². The summed E-state index contributed by atoms with van der Waals surface area (Å²) in [5, 5.41) is 9.12. The molecule has 0 aliphatic heterocycles. The van der Waals surface area contributed by atoms with Gasteiger partial charge >= 0.3 is 5.97 Å². The Labute approximate surface area is 137 Å². The van der Waals surface area contributed by atoms with Gasteiger partial charge in [0.2, 0.25) is 0 Å². The fourth-order valence-corrected chi connectivity index (χ4v) is 2.50. The number of aromatic nitrogens is 2. The summed E-state index contributed by atoms with van der Waals surface area (Å²) in [6.07, 6.45) is 8.35. The molecule has 0 amide bonds. The summed E-state index contributed by atoms with van der Waals surface area (Å²) in [6.45, 7) is 7.33. The van der Waals surface area contributed by atoms with Crippen molar-refractivity contribution in [3.8, 4) is 0 Å². The molecule has 0 bridgehead atoms. The van der Waals surface area contributed by atoms with Crippen molar-refractivity contribution in [3.63, 3.8) is 0 Å². The molecule has 0 fully saturated rings. The van der Waals surface area contributed by atoms with E-state index >= 15 is 0 Å². The topological polar surface area (TPSA) is 55.1 Å². The minimum atomic E-state index is -0.900. The summed E-state index contributed by atoms with van der Waals surface area (Å²) in [6, 6.07) is 8.21. The second-order valence-corrected chi connectivity index (χ2v) is 6.74. The van der Waals surface area contributed by atoms with E-state index in [2.05, 4.69) is 37.9 Å². The Balaban J connectivity index is 2.10. The zero-order valence-electron chi connectivity index (χ0n) is 14.0. The van der Waals surface area contributed by atoms with Gasteiger partial charge in [0.25, 0.3) is 0 Å². The summed E-state index contributed by atoms with van der Waals surface area (Å²) in [5.74, 6) is -0.900. The molecule has 4 nitrogen and oxygen atoms in total. The molecule has 0 aliphatic carbocycles. The van der Waals surface area contributed by atoms with Gasteiger partial charge in [0.15, 0.2) is 0 Å². The number of hydrogen-bond acceptors (Lipinski definition) is 2. The number of carbonyl (C=O) groups is 1. The van der Waals surface area contributed by atoms with Crippen molar-refractivity contribution in [2.45, 2.75) is 45.6 Å². The molecule has 1 heterocycles. The number of nitrogens with zero attached hydrogens (tertiary/aromatic N) is 2. The van der Waals surface area contributed by atoms with Gasteiger partial charge < -0.3 is 9.67 Å². The van der Waals surface area contributed by atoms with Gasteiger partial charge in [-0.05, 0) is 35.0 Å². The first-order chi connectivity index (χ1) is 10.9. The molecule has 0 saturated carbocycles. The SMILES string of the molecule is CC(C)(C)c1ccc(C(=CC(=O)O)CCCn2ccnc2)cc1. The number of carboxylic acids is 1. The van der Waals surface area contributed by atoms with E-state index in [4.69, 9.17) is 5.11 Å². The van der Waals surface area contributed by atoms with Crippen molar-refractivity contribution in [1.29, 1.82) is 0 Å². The number of carboxylic acid groups (broad SMARTS) is 1. The van der Waals surface area contributed by atoms with E-state index in [1.54, 1.807) is 12.5 Å². The zero-order valence-corrected chi connectivity index (χ0v) is 14.0. The van der Waals surface area contributed by atoms with Crippen LogP contribution in [0.1, 0.15) is 44.7 Å². The highest BCUT2D eigenvalue weighted by atomic mass is 16.4. The maximum absolute atomic E-state index is 11.1. The number of rotatable bonds is 6. The Morgan fingerprint density at radius 3 is 2.48 bits per heavy atom. The first-order valence-electron chi connectivity index (χ1n) is 7.86. The molecule has 2 aromatic rings. The van der Waals surface area contributed by atoms with Gasteiger partial charge in [-0.2, -0.15) is 0 Å². The van der Waals surface area contributed by atoms with E-state index in [0.717, 1.165) is 30.5 Å². The number of imidazole rings is 1. The van der Waals surface area contributed by atoms with Crippen LogP contribution in [-0.2, 0) is 16.8 Å². The van der Waals surface area contributed by atoms with Crippen molar-refractivity contribution in [2.24, 2.45) is 0 Å². The fraction of sp³-hybridized carbons (Fsp3) is 0.368. The zero-order chi connectivity index (χ0) is 16.9. The number of benzene rings is 1. The van der Waals surface area contributed by atoms with E-state index < -0.39 is 5.97 Å². The van der Waals surface area contributed by atoms with Crippen LogP contribution in [-0.4, -0.2) is 20.6 Å². The van der Waals surface area contributed by atoms with Gasteiger partial charge in [0.1, 0.15) is 0 Å². The van der Waals surface area contributed by atoms with Crippen LogP contribution >= 0.6 is 0 Å². The summed E-state index contributed by atoms with van der Waals surface area (Å²) in [4.78, 5) is 15.1. The lowest BCUT2D eigenvalue weighted by atomic mass is 9.86. The van der Waals surface area contributed by atoms with Crippen molar-refractivity contribution in [3.05, 3.63) is 60.2 Å². The molecule has 0 aliphatic rings. The lowest BCUT2D eigenvalue weighted by Gasteiger charge is -2.19. The first kappa shape index (κ1) is 17.0. The summed E-state index contributed by atoms with van der Waals surface area (Å²) in [7, 11) is 0. The van der Waals surface area contributed by atoms with E-state index in [-0.39, 0.29) is 5.41 Å². The summed E-state index contributed by atoms with van der Waals surface area (Å²) < 4.78 is 2.00. The smallest absolute Gasteiger partial charge is 0.328 e. The predicted molar refractivity (Wildman–Crippen MR) is 92.2 cm³/mol. The van der Waals surface area contributed by atoms with E-state index in [1.165, 1.54) is 11.6 Å². The highest BCUT2D eigenvalue weighted by Crippen LogP contribution is 2.26. The second-order valence-electron chi connectivity index (χ2n) is 6.74. The maximum atomic E-state index is 11.1. The van der Waals surface area contributed by atoms with Gasteiger partial charge in [0, 0.05) is 25.0 Å². The lowest BCUT2D eigenvalue weighted by molar-refractivity contribution is -0.131. The third-order valence-corrected chi connectivity index (χ3v) is 3.84. The minimum Gasteiger partial charge on any atom is -0.478 e. The predicted octanol–water partition coefficient (Wildman–Crippen LogP) is 4.13. The monoisotopic (exact) mass is 312 g/mol. The molecule has 1 aromatic carbocycles. The molecule has 23 heavy (non-hydrogen) atoms. The Morgan fingerprint density at radius 1 is 1.26 bits per heavy atom. The average molecular weight is 312 g/mol. The van der Waals surface area contributed by atoms with E-state index in [1.807, 2.05) is 22.9 Å². The quantitative estimate of drug-likeness (QED) is 0.816. The largest absolute Gasteiger partial charge is 0.478 e. The van der Waals surface area contributed by atoms with E-state index in [0.29, 0.717) is 0 Å². The molecule has 0 atom stereocenters. The molecule has 2 rings (SSSR count). The molecule has 0 saturated heterocycles. The molecule has 0 radical (unpaired) electrons. The Kier molecular flexibility index (Phi) is 5.37. The van der Waals surface area contributed by atoms with Gasteiger partial charge in [-0.25, -0.2) is 9.78 Å². The normalized spacial score (nSPS) is 12.4.